The molecule has 0 spiro atoms. The fraction of sp³-hybridized carbons (Fsp3) is 0.348. The number of carbonyl (C=O) groups excluding carboxylic acids is 1. The van der Waals surface area contributed by atoms with Crippen molar-refractivity contribution in [1.82, 2.24) is 9.88 Å². The normalized spacial score (nSPS) is 15.3. The van der Waals surface area contributed by atoms with Crippen LogP contribution < -0.4 is 16.3 Å². The van der Waals surface area contributed by atoms with Gasteiger partial charge in [0, 0.05) is 5.69 Å². The van der Waals surface area contributed by atoms with Crippen LogP contribution in [0.1, 0.15) is 36.9 Å². The molecule has 7 heteroatoms. The largest absolute Gasteiger partial charge is 0.389 e. The van der Waals surface area contributed by atoms with Gasteiger partial charge < -0.3 is 15.1 Å². The maximum atomic E-state index is 12.7. The molecule has 1 saturated heterocycles. The van der Waals surface area contributed by atoms with E-state index in [-0.39, 0.29) is 18.0 Å². The predicted molar refractivity (Wildman–Crippen MR) is 118 cm³/mol. The summed E-state index contributed by atoms with van der Waals surface area (Å²) < 4.78 is 5.43. The van der Waals surface area contributed by atoms with Gasteiger partial charge in [0.05, 0.1) is 23.5 Å². The average Bonchev–Trinajstić information content (AvgIpc) is 3.23. The molecular formula is C23H26N4O3. The fourth-order valence-electron chi connectivity index (χ4n) is 3.86. The molecule has 30 heavy (non-hydrogen) atoms. The fourth-order valence-corrected chi connectivity index (χ4v) is 3.86. The van der Waals surface area contributed by atoms with Crippen LogP contribution in [0.25, 0.3) is 10.9 Å². The number of fused-ring (bicyclic) bond motifs is 1. The van der Waals surface area contributed by atoms with E-state index in [1.165, 1.54) is 0 Å². The standard InChI is InChI=1S/C23H26N4O3/c1-15-18(25-20(28)14-27-12-6-7-13-27)10-11-19-21(15)22(29)30-23(26-19)24-16(2)17-8-4-3-5-9-17/h3-5,8-11,16H,6-7,12-14H2,1-2H3,(H,24,26)(H,25,28)/t16-/m0/s1. The Hall–Kier alpha value is -3.19. The van der Waals surface area contributed by atoms with Crippen LogP contribution in [-0.2, 0) is 4.79 Å². The Labute approximate surface area is 175 Å². The van der Waals surface area contributed by atoms with Crippen molar-refractivity contribution < 1.29 is 9.21 Å². The van der Waals surface area contributed by atoms with Crippen LogP contribution in [-0.4, -0.2) is 35.4 Å². The number of hydrogen-bond acceptors (Lipinski definition) is 6. The zero-order valence-electron chi connectivity index (χ0n) is 17.3. The van der Waals surface area contributed by atoms with E-state index in [2.05, 4.69) is 20.5 Å². The summed E-state index contributed by atoms with van der Waals surface area (Å²) in [5, 5.41) is 6.45. The zero-order chi connectivity index (χ0) is 21.1. The van der Waals surface area contributed by atoms with E-state index in [9.17, 15) is 9.59 Å². The third-order valence-corrected chi connectivity index (χ3v) is 5.54. The van der Waals surface area contributed by atoms with E-state index < -0.39 is 5.63 Å². The van der Waals surface area contributed by atoms with Gasteiger partial charge in [-0.25, -0.2) is 4.79 Å². The Kier molecular flexibility index (Phi) is 5.81. The number of likely N-dealkylation sites (tertiary alicyclic amines) is 1. The smallest absolute Gasteiger partial charge is 0.348 e. The highest BCUT2D eigenvalue weighted by molar-refractivity contribution is 5.96. The van der Waals surface area contributed by atoms with E-state index in [4.69, 9.17) is 4.42 Å². The van der Waals surface area contributed by atoms with E-state index in [0.717, 1.165) is 31.5 Å². The minimum absolute atomic E-state index is 0.0652. The van der Waals surface area contributed by atoms with Crippen molar-refractivity contribution in [2.24, 2.45) is 0 Å². The minimum atomic E-state index is -0.476. The number of amides is 1. The SMILES string of the molecule is Cc1c(NC(=O)CN2CCCC2)ccc2nc(N[C@@H](C)c3ccccc3)oc(=O)c12. The number of aryl methyl sites for hydroxylation is 1. The van der Waals surface area contributed by atoms with Crippen molar-refractivity contribution in [3.8, 4) is 0 Å². The van der Waals surface area contributed by atoms with E-state index in [0.29, 0.717) is 28.7 Å². The maximum Gasteiger partial charge on any atom is 0.348 e. The molecule has 0 aliphatic carbocycles. The first-order chi connectivity index (χ1) is 14.5. The molecule has 1 amide bonds. The van der Waals surface area contributed by atoms with Gasteiger partial charge in [0.1, 0.15) is 0 Å². The molecule has 7 nitrogen and oxygen atoms in total. The van der Waals surface area contributed by atoms with Crippen LogP contribution in [0.5, 0.6) is 0 Å². The van der Waals surface area contributed by atoms with Crippen molar-refractivity contribution in [2.45, 2.75) is 32.7 Å². The Morgan fingerprint density at radius 1 is 1.17 bits per heavy atom. The summed E-state index contributed by atoms with van der Waals surface area (Å²) in [7, 11) is 0. The highest BCUT2D eigenvalue weighted by atomic mass is 16.4. The number of nitrogens with one attached hydrogen (secondary N) is 2. The summed E-state index contributed by atoms with van der Waals surface area (Å²) in [6.45, 7) is 6.05. The highest BCUT2D eigenvalue weighted by Crippen LogP contribution is 2.24. The summed E-state index contributed by atoms with van der Waals surface area (Å²) in [4.78, 5) is 31.7. The summed E-state index contributed by atoms with van der Waals surface area (Å²) in [5.74, 6) is -0.0772. The molecule has 2 N–H and O–H groups in total. The van der Waals surface area contributed by atoms with Gasteiger partial charge in [-0.2, -0.15) is 4.98 Å². The molecule has 4 rings (SSSR count). The summed E-state index contributed by atoms with van der Waals surface area (Å²) in [5.41, 5.74) is 2.39. The van der Waals surface area contributed by atoms with Gasteiger partial charge in [-0.15, -0.1) is 0 Å². The number of benzene rings is 2. The molecule has 3 aromatic rings. The van der Waals surface area contributed by atoms with Gasteiger partial charge in [-0.05, 0) is 63.0 Å². The van der Waals surface area contributed by atoms with Gasteiger partial charge in [0.25, 0.3) is 6.01 Å². The van der Waals surface area contributed by atoms with Crippen LogP contribution in [0.2, 0.25) is 0 Å². The highest BCUT2D eigenvalue weighted by Gasteiger charge is 2.18. The topological polar surface area (TPSA) is 87.5 Å². The second-order valence-corrected chi connectivity index (χ2v) is 7.75. The number of carbonyl (C=O) groups is 1. The van der Waals surface area contributed by atoms with Crippen LogP contribution in [0, 0.1) is 6.92 Å². The number of anilines is 2. The van der Waals surface area contributed by atoms with Gasteiger partial charge in [0.2, 0.25) is 5.91 Å². The Bertz CT molecular complexity index is 1100. The van der Waals surface area contributed by atoms with E-state index >= 15 is 0 Å². The molecule has 2 heterocycles. The van der Waals surface area contributed by atoms with Crippen molar-refractivity contribution in [2.75, 3.05) is 30.3 Å². The summed E-state index contributed by atoms with van der Waals surface area (Å²) >= 11 is 0. The lowest BCUT2D eigenvalue weighted by molar-refractivity contribution is -0.117. The maximum absolute atomic E-state index is 12.7. The van der Waals surface area contributed by atoms with E-state index in [1.807, 2.05) is 37.3 Å². The van der Waals surface area contributed by atoms with E-state index in [1.54, 1.807) is 19.1 Å². The zero-order valence-corrected chi connectivity index (χ0v) is 17.3. The molecule has 1 fully saturated rings. The number of hydrogen-bond donors (Lipinski definition) is 2. The first-order valence-electron chi connectivity index (χ1n) is 10.3. The molecule has 0 saturated carbocycles. The van der Waals surface area contributed by atoms with Crippen molar-refractivity contribution in [3.05, 3.63) is 64.0 Å². The van der Waals surface area contributed by atoms with Crippen LogP contribution >= 0.6 is 0 Å². The predicted octanol–water partition coefficient (Wildman–Crippen LogP) is 3.70. The Morgan fingerprint density at radius 2 is 1.90 bits per heavy atom. The van der Waals surface area contributed by atoms with Crippen molar-refractivity contribution >= 4 is 28.5 Å². The molecule has 0 radical (unpaired) electrons. The average molecular weight is 406 g/mol. The molecule has 1 aliphatic rings. The van der Waals surface area contributed by atoms with Gasteiger partial charge in [-0.1, -0.05) is 30.3 Å². The lowest BCUT2D eigenvalue weighted by Crippen LogP contribution is -2.31. The first-order valence-corrected chi connectivity index (χ1v) is 10.3. The minimum Gasteiger partial charge on any atom is -0.389 e. The monoisotopic (exact) mass is 406 g/mol. The second kappa shape index (κ2) is 8.67. The number of nitrogens with zero attached hydrogens (tertiary/aromatic N) is 2. The molecule has 0 bridgehead atoms. The molecule has 1 atom stereocenters. The molecule has 1 aliphatic heterocycles. The van der Waals surface area contributed by atoms with Crippen molar-refractivity contribution in [3.63, 3.8) is 0 Å². The van der Waals surface area contributed by atoms with Crippen LogP contribution in [0.4, 0.5) is 11.7 Å². The summed E-state index contributed by atoms with van der Waals surface area (Å²) in [6.07, 6.45) is 2.27. The summed E-state index contributed by atoms with van der Waals surface area (Å²) in [6, 6.07) is 13.5. The molecule has 2 aromatic carbocycles. The first kappa shape index (κ1) is 20.1. The number of aromatic nitrogens is 1. The molecule has 0 unspecified atom stereocenters. The third-order valence-electron chi connectivity index (χ3n) is 5.54. The van der Waals surface area contributed by atoms with Gasteiger partial charge in [0.15, 0.2) is 0 Å². The third kappa shape index (κ3) is 4.36. The van der Waals surface area contributed by atoms with Gasteiger partial charge in [-0.3, -0.25) is 9.69 Å². The molecular weight excluding hydrogens is 380 g/mol. The number of rotatable bonds is 6. The quantitative estimate of drug-likeness (QED) is 0.649. The lowest BCUT2D eigenvalue weighted by atomic mass is 10.1. The molecule has 1 aromatic heterocycles. The van der Waals surface area contributed by atoms with Crippen molar-refractivity contribution in [1.29, 1.82) is 0 Å². The second-order valence-electron chi connectivity index (χ2n) is 7.75. The Morgan fingerprint density at radius 3 is 2.63 bits per heavy atom. The molecule has 156 valence electrons. The Balaban J connectivity index is 1.55. The van der Waals surface area contributed by atoms with Gasteiger partial charge >= 0.3 is 5.63 Å². The van der Waals surface area contributed by atoms with Crippen LogP contribution in [0.3, 0.4) is 0 Å². The lowest BCUT2D eigenvalue weighted by Gasteiger charge is -2.16. The van der Waals surface area contributed by atoms with Crippen LogP contribution in [0.15, 0.2) is 51.7 Å².